The molecule has 0 N–H and O–H groups in total. The van der Waals surface area contributed by atoms with Crippen LogP contribution in [0.3, 0.4) is 0 Å². The number of hydrogen-bond donors (Lipinski definition) is 0. The Kier molecular flexibility index (Phi) is 6.44. The Bertz CT molecular complexity index is 877. The van der Waals surface area contributed by atoms with Crippen molar-refractivity contribution in [3.05, 3.63) is 29.3 Å². The van der Waals surface area contributed by atoms with E-state index in [4.69, 9.17) is 14.0 Å². The third kappa shape index (κ3) is 4.96. The fraction of sp³-hybridized carbons (Fsp3) is 0.667. The van der Waals surface area contributed by atoms with E-state index in [1.54, 1.807) is 4.90 Å². The summed E-state index contributed by atoms with van der Waals surface area (Å²) in [6.45, 7) is 18.8. The van der Waals surface area contributed by atoms with Gasteiger partial charge in [0.05, 0.1) is 11.2 Å². The summed E-state index contributed by atoms with van der Waals surface area (Å²) < 4.78 is 17.8. The van der Waals surface area contributed by atoms with Gasteiger partial charge in [0.25, 0.3) is 5.91 Å². The highest BCUT2D eigenvalue weighted by molar-refractivity contribution is 6.62. The van der Waals surface area contributed by atoms with Gasteiger partial charge in [0.15, 0.2) is 0 Å². The van der Waals surface area contributed by atoms with Crippen molar-refractivity contribution in [2.45, 2.75) is 85.2 Å². The highest BCUT2D eigenvalue weighted by atomic mass is 16.7. The number of benzene rings is 1. The fourth-order valence-corrected chi connectivity index (χ4v) is 3.90. The summed E-state index contributed by atoms with van der Waals surface area (Å²) in [4.78, 5) is 29.4. The molecule has 8 heteroatoms. The number of rotatable bonds is 2. The Morgan fingerprint density at radius 3 is 2.22 bits per heavy atom. The summed E-state index contributed by atoms with van der Waals surface area (Å²) in [6, 6.07) is 5.64. The van der Waals surface area contributed by atoms with Crippen LogP contribution in [0.2, 0.25) is 0 Å². The van der Waals surface area contributed by atoms with Crippen LogP contribution < -0.4 is 5.46 Å². The monoisotopic (exact) mass is 444 g/mol. The number of amides is 2. The van der Waals surface area contributed by atoms with E-state index in [0.29, 0.717) is 25.2 Å². The largest absolute Gasteiger partial charge is 0.494 e. The van der Waals surface area contributed by atoms with E-state index in [-0.39, 0.29) is 18.0 Å². The van der Waals surface area contributed by atoms with Gasteiger partial charge in [-0.1, -0.05) is 12.1 Å². The molecule has 3 rings (SSSR count). The Hall–Kier alpha value is -2.06. The van der Waals surface area contributed by atoms with Crippen molar-refractivity contribution in [1.29, 1.82) is 0 Å². The minimum absolute atomic E-state index is 0.0449. The minimum Gasteiger partial charge on any atom is -0.444 e. The van der Waals surface area contributed by atoms with Crippen LogP contribution in [0.15, 0.2) is 18.2 Å². The van der Waals surface area contributed by atoms with Crippen LogP contribution in [0.1, 0.15) is 71.3 Å². The van der Waals surface area contributed by atoms with E-state index in [2.05, 4.69) is 0 Å². The molecule has 2 saturated heterocycles. The third-order valence-corrected chi connectivity index (χ3v) is 6.56. The van der Waals surface area contributed by atoms with Crippen LogP contribution in [-0.2, 0) is 14.0 Å². The molecule has 0 bridgehead atoms. The maximum absolute atomic E-state index is 13.4. The number of nitrogens with zero attached hydrogens (tertiary/aromatic N) is 2. The summed E-state index contributed by atoms with van der Waals surface area (Å²) in [7, 11) is -0.518. The SMILES string of the molecule is Cc1ccc(B2OC(C)(C)C(C)(C)O2)cc1C(=O)N1CCN(C(=O)OC(C)(C)C)C(C)C1. The van der Waals surface area contributed by atoms with Gasteiger partial charge >= 0.3 is 13.2 Å². The van der Waals surface area contributed by atoms with Crippen molar-refractivity contribution in [1.82, 2.24) is 9.80 Å². The summed E-state index contributed by atoms with van der Waals surface area (Å²) in [6.07, 6.45) is -0.337. The average Bonchev–Trinajstić information content (AvgIpc) is 2.87. The topological polar surface area (TPSA) is 68.3 Å². The Morgan fingerprint density at radius 1 is 1.09 bits per heavy atom. The highest BCUT2D eigenvalue weighted by Crippen LogP contribution is 2.36. The van der Waals surface area contributed by atoms with Crippen molar-refractivity contribution in [2.24, 2.45) is 0 Å². The van der Waals surface area contributed by atoms with Gasteiger partial charge in [0, 0.05) is 31.2 Å². The lowest BCUT2D eigenvalue weighted by Crippen LogP contribution is -2.56. The molecule has 0 saturated carbocycles. The quantitative estimate of drug-likeness (QED) is 0.655. The molecule has 0 aliphatic carbocycles. The second-order valence-corrected chi connectivity index (χ2v) is 10.9. The van der Waals surface area contributed by atoms with Crippen LogP contribution in [-0.4, -0.2) is 71.4 Å². The standard InChI is InChI=1S/C24H37BN2O5/c1-16-10-11-18(25-31-23(6,7)24(8,9)32-25)14-19(16)20(28)26-12-13-27(17(2)15-26)21(29)30-22(3,4)5/h10-11,14,17H,12-13,15H2,1-9H3. The molecule has 1 aromatic rings. The lowest BCUT2D eigenvalue weighted by molar-refractivity contribution is 0.00197. The van der Waals surface area contributed by atoms with Gasteiger partial charge in [-0.3, -0.25) is 4.79 Å². The maximum atomic E-state index is 13.4. The lowest BCUT2D eigenvalue weighted by atomic mass is 9.77. The molecule has 0 radical (unpaired) electrons. The van der Waals surface area contributed by atoms with Gasteiger partial charge in [-0.25, -0.2) is 4.79 Å². The lowest BCUT2D eigenvalue weighted by Gasteiger charge is -2.40. The summed E-state index contributed by atoms with van der Waals surface area (Å²) in [5.41, 5.74) is 0.931. The van der Waals surface area contributed by atoms with E-state index in [1.807, 2.05) is 85.4 Å². The summed E-state index contributed by atoms with van der Waals surface area (Å²) >= 11 is 0. The van der Waals surface area contributed by atoms with E-state index >= 15 is 0 Å². The maximum Gasteiger partial charge on any atom is 0.494 e. The molecule has 2 heterocycles. The van der Waals surface area contributed by atoms with Crippen LogP contribution in [0, 0.1) is 6.92 Å². The molecule has 2 aliphatic rings. The number of ether oxygens (including phenoxy) is 1. The Morgan fingerprint density at radius 2 is 1.69 bits per heavy atom. The first kappa shape index (κ1) is 24.6. The molecular weight excluding hydrogens is 407 g/mol. The molecule has 32 heavy (non-hydrogen) atoms. The summed E-state index contributed by atoms with van der Waals surface area (Å²) in [5.74, 6) is -0.0449. The van der Waals surface area contributed by atoms with Crippen molar-refractivity contribution in [2.75, 3.05) is 19.6 Å². The number of hydrogen-bond acceptors (Lipinski definition) is 5. The first-order chi connectivity index (χ1) is 14.6. The van der Waals surface area contributed by atoms with E-state index < -0.39 is 23.9 Å². The normalized spacial score (nSPS) is 22.8. The predicted molar refractivity (Wildman–Crippen MR) is 125 cm³/mol. The molecule has 7 nitrogen and oxygen atoms in total. The number of aryl methyl sites for hydroxylation is 1. The van der Waals surface area contributed by atoms with E-state index in [1.165, 1.54) is 0 Å². The second kappa shape index (κ2) is 8.38. The van der Waals surface area contributed by atoms with Gasteiger partial charge in [-0.15, -0.1) is 0 Å². The molecule has 2 fully saturated rings. The van der Waals surface area contributed by atoms with E-state index in [9.17, 15) is 9.59 Å². The first-order valence-corrected chi connectivity index (χ1v) is 11.4. The van der Waals surface area contributed by atoms with Crippen LogP contribution >= 0.6 is 0 Å². The zero-order valence-electron chi connectivity index (χ0n) is 20.9. The zero-order valence-corrected chi connectivity index (χ0v) is 20.9. The Balaban J connectivity index is 1.74. The smallest absolute Gasteiger partial charge is 0.444 e. The molecule has 1 aromatic carbocycles. The van der Waals surface area contributed by atoms with Gasteiger partial charge in [-0.05, 0) is 79.4 Å². The van der Waals surface area contributed by atoms with Gasteiger partial charge in [0.2, 0.25) is 0 Å². The van der Waals surface area contributed by atoms with Crippen LogP contribution in [0.4, 0.5) is 4.79 Å². The molecule has 1 unspecified atom stereocenters. The molecule has 0 spiro atoms. The predicted octanol–water partition coefficient (Wildman–Crippen LogP) is 3.38. The third-order valence-electron chi connectivity index (χ3n) is 6.56. The van der Waals surface area contributed by atoms with Crippen LogP contribution in [0.5, 0.6) is 0 Å². The first-order valence-electron chi connectivity index (χ1n) is 11.4. The molecular formula is C24H37BN2O5. The van der Waals surface area contributed by atoms with Crippen molar-refractivity contribution in [3.8, 4) is 0 Å². The fourth-order valence-electron chi connectivity index (χ4n) is 3.90. The van der Waals surface area contributed by atoms with Gasteiger partial charge in [0.1, 0.15) is 5.60 Å². The van der Waals surface area contributed by atoms with E-state index in [0.717, 1.165) is 11.0 Å². The minimum atomic E-state index is -0.547. The van der Waals surface area contributed by atoms with Gasteiger partial charge in [-0.2, -0.15) is 0 Å². The zero-order chi connectivity index (χ0) is 24.1. The average molecular weight is 444 g/mol. The number of piperazine rings is 1. The van der Waals surface area contributed by atoms with Crippen molar-refractivity contribution < 1.29 is 23.6 Å². The van der Waals surface area contributed by atoms with Crippen molar-refractivity contribution >= 4 is 24.6 Å². The molecule has 2 aliphatic heterocycles. The molecule has 2 amide bonds. The molecule has 176 valence electrons. The molecule has 1 atom stereocenters. The van der Waals surface area contributed by atoms with Gasteiger partial charge < -0.3 is 23.8 Å². The number of carbonyl (C=O) groups is 2. The molecule has 0 aromatic heterocycles. The van der Waals surface area contributed by atoms with Crippen molar-refractivity contribution in [3.63, 3.8) is 0 Å². The highest BCUT2D eigenvalue weighted by Gasteiger charge is 2.51. The Labute approximate surface area is 192 Å². The second-order valence-electron chi connectivity index (χ2n) is 10.9. The summed E-state index contributed by atoms with van der Waals surface area (Å²) in [5, 5.41) is 0. The number of carbonyl (C=O) groups excluding carboxylic acids is 2. The van der Waals surface area contributed by atoms with Crippen LogP contribution in [0.25, 0.3) is 0 Å².